The smallest absolute Gasteiger partial charge is 0.328 e. The highest BCUT2D eigenvalue weighted by Crippen LogP contribution is 2.40. The Morgan fingerprint density at radius 2 is 1.97 bits per heavy atom. The number of carboxylic acids is 1. The monoisotopic (exact) mass is 512 g/mol. The lowest BCUT2D eigenvalue weighted by Crippen LogP contribution is -2.37. The van der Waals surface area contributed by atoms with Crippen molar-refractivity contribution in [3.05, 3.63) is 75.8 Å². The number of rotatable bonds is 9. The van der Waals surface area contributed by atoms with Gasteiger partial charge in [0.25, 0.3) is 10.0 Å². The van der Waals surface area contributed by atoms with E-state index in [1.54, 1.807) is 11.5 Å². The first kappa shape index (κ1) is 24.9. The van der Waals surface area contributed by atoms with Crippen LogP contribution in [-0.2, 0) is 34.3 Å². The number of fused-ring (bicyclic) bond motifs is 1. The molecular weight excluding hydrogens is 484 g/mol. The second kappa shape index (κ2) is 10.2. The van der Waals surface area contributed by atoms with Crippen LogP contribution in [-0.4, -0.2) is 30.5 Å². The SMILES string of the molecule is Cc1cc(/C=C/C(=O)O)ccc1COc1cc2c(cc1N(C(C)C)S(=O)(=O)c1nccs1)CCC2. The molecule has 1 heterocycles. The number of hydrogen-bond donors (Lipinski definition) is 1. The topological polar surface area (TPSA) is 96.8 Å². The van der Waals surface area contributed by atoms with Crippen LogP contribution in [0.3, 0.4) is 0 Å². The number of anilines is 1. The van der Waals surface area contributed by atoms with Gasteiger partial charge in [0.2, 0.25) is 4.34 Å². The summed E-state index contributed by atoms with van der Waals surface area (Å²) < 4.78 is 34.8. The van der Waals surface area contributed by atoms with Crippen molar-refractivity contribution in [1.82, 2.24) is 4.98 Å². The predicted octanol–water partition coefficient (Wildman–Crippen LogP) is 5.22. The van der Waals surface area contributed by atoms with Crippen LogP contribution in [0.15, 0.2) is 52.3 Å². The predicted molar refractivity (Wildman–Crippen MR) is 138 cm³/mol. The Morgan fingerprint density at radius 3 is 2.60 bits per heavy atom. The largest absolute Gasteiger partial charge is 0.487 e. The number of nitrogens with zero attached hydrogens (tertiary/aromatic N) is 2. The molecule has 2 aromatic carbocycles. The molecule has 0 amide bonds. The van der Waals surface area contributed by atoms with Crippen LogP contribution in [0.1, 0.15) is 48.1 Å². The van der Waals surface area contributed by atoms with Crippen molar-refractivity contribution in [1.29, 1.82) is 0 Å². The molecule has 3 aromatic rings. The summed E-state index contributed by atoms with van der Waals surface area (Å²) in [6.45, 7) is 5.88. The molecule has 0 unspecified atom stereocenters. The van der Waals surface area contributed by atoms with Crippen LogP contribution in [0.2, 0.25) is 0 Å². The van der Waals surface area contributed by atoms with Gasteiger partial charge in [0, 0.05) is 23.7 Å². The minimum Gasteiger partial charge on any atom is -0.487 e. The normalized spacial score (nSPS) is 13.4. The Hall–Kier alpha value is -3.17. The lowest BCUT2D eigenvalue weighted by atomic mass is 10.0. The number of ether oxygens (including phenoxy) is 1. The fourth-order valence-electron chi connectivity index (χ4n) is 4.29. The number of thiazole rings is 1. The zero-order valence-electron chi connectivity index (χ0n) is 19.9. The summed E-state index contributed by atoms with van der Waals surface area (Å²) in [4.78, 5) is 14.9. The maximum Gasteiger partial charge on any atom is 0.328 e. The Kier molecular flexibility index (Phi) is 7.28. The van der Waals surface area contributed by atoms with Gasteiger partial charge >= 0.3 is 5.97 Å². The minimum absolute atomic E-state index is 0.0542. The van der Waals surface area contributed by atoms with Crippen molar-refractivity contribution >= 4 is 39.1 Å². The third-order valence-corrected chi connectivity index (χ3v) is 9.11. The Labute approximate surface area is 209 Å². The molecule has 0 bridgehead atoms. The first-order valence-electron chi connectivity index (χ1n) is 11.4. The maximum absolute atomic E-state index is 13.5. The van der Waals surface area contributed by atoms with Crippen molar-refractivity contribution in [2.45, 2.75) is 57.0 Å². The van der Waals surface area contributed by atoms with Crippen molar-refractivity contribution in [2.24, 2.45) is 0 Å². The molecule has 1 aliphatic rings. The van der Waals surface area contributed by atoms with Crippen LogP contribution in [0.4, 0.5) is 5.69 Å². The summed E-state index contributed by atoms with van der Waals surface area (Å²) in [5, 5.41) is 10.5. The summed E-state index contributed by atoms with van der Waals surface area (Å²) >= 11 is 1.10. The van der Waals surface area contributed by atoms with E-state index in [-0.39, 0.29) is 17.0 Å². The molecule has 184 valence electrons. The van der Waals surface area contributed by atoms with E-state index >= 15 is 0 Å². The molecule has 0 atom stereocenters. The summed E-state index contributed by atoms with van der Waals surface area (Å²) in [7, 11) is -3.85. The van der Waals surface area contributed by atoms with Crippen LogP contribution >= 0.6 is 11.3 Å². The zero-order valence-corrected chi connectivity index (χ0v) is 21.5. The first-order valence-corrected chi connectivity index (χ1v) is 13.7. The lowest BCUT2D eigenvalue weighted by molar-refractivity contribution is -0.131. The quantitative estimate of drug-likeness (QED) is 0.395. The second-order valence-corrected chi connectivity index (χ2v) is 11.7. The molecule has 4 rings (SSSR count). The molecule has 0 saturated heterocycles. The molecular formula is C26H28N2O5S2. The average Bonchev–Trinajstić information content (AvgIpc) is 3.49. The van der Waals surface area contributed by atoms with Gasteiger partial charge in [-0.1, -0.05) is 18.2 Å². The molecule has 1 N–H and O–H groups in total. The molecule has 0 aliphatic heterocycles. The van der Waals surface area contributed by atoms with Gasteiger partial charge in [0.05, 0.1) is 5.69 Å². The van der Waals surface area contributed by atoms with Crippen LogP contribution in [0.25, 0.3) is 6.08 Å². The van der Waals surface area contributed by atoms with E-state index in [9.17, 15) is 13.2 Å². The fourth-order valence-corrected chi connectivity index (χ4v) is 6.86. The zero-order chi connectivity index (χ0) is 25.2. The number of aromatic nitrogens is 1. The van der Waals surface area contributed by atoms with Crippen LogP contribution in [0.5, 0.6) is 5.75 Å². The maximum atomic E-state index is 13.5. The number of sulfonamides is 1. The number of carbonyl (C=O) groups is 1. The van der Waals surface area contributed by atoms with Crippen molar-refractivity contribution in [2.75, 3.05) is 4.31 Å². The molecule has 0 radical (unpaired) electrons. The van der Waals surface area contributed by atoms with Gasteiger partial charge in [0.1, 0.15) is 12.4 Å². The van der Waals surface area contributed by atoms with Crippen molar-refractivity contribution in [3.63, 3.8) is 0 Å². The van der Waals surface area contributed by atoms with Gasteiger partial charge in [-0.2, -0.15) is 8.42 Å². The highest BCUT2D eigenvalue weighted by atomic mass is 32.2. The van der Waals surface area contributed by atoms with Crippen LogP contribution < -0.4 is 9.04 Å². The molecule has 7 nitrogen and oxygen atoms in total. The number of benzene rings is 2. The molecule has 1 aliphatic carbocycles. The van der Waals surface area contributed by atoms with E-state index in [0.29, 0.717) is 11.4 Å². The molecule has 0 saturated carbocycles. The standard InChI is InChI=1S/C26H28N2O5S2/c1-17(2)28(35(31,32)26-27-11-12-34-26)23-14-20-5-4-6-21(20)15-24(23)33-16-22-9-7-19(13-18(22)3)8-10-25(29)30/h7-15,17H,4-6,16H2,1-3H3,(H,29,30)/b10-8+. The third-order valence-electron chi connectivity index (χ3n) is 5.94. The number of aliphatic carboxylic acids is 1. The van der Waals surface area contributed by atoms with Gasteiger partial charge in [-0.3, -0.25) is 4.31 Å². The Bertz CT molecular complexity index is 1360. The molecule has 0 spiro atoms. The van der Waals surface area contributed by atoms with E-state index in [1.165, 1.54) is 16.1 Å². The minimum atomic E-state index is -3.85. The number of hydrogen-bond acceptors (Lipinski definition) is 6. The van der Waals surface area contributed by atoms with Gasteiger partial charge < -0.3 is 9.84 Å². The van der Waals surface area contributed by atoms with Gasteiger partial charge in [0.15, 0.2) is 0 Å². The van der Waals surface area contributed by atoms with E-state index < -0.39 is 16.0 Å². The second-order valence-electron chi connectivity index (χ2n) is 8.78. The Balaban J connectivity index is 1.69. The van der Waals surface area contributed by atoms with Crippen molar-refractivity contribution in [3.8, 4) is 5.75 Å². The summed E-state index contributed by atoms with van der Waals surface area (Å²) in [6.07, 6.45) is 7.03. The molecule has 0 fully saturated rings. The number of carboxylic acid groups (broad SMARTS) is 1. The molecule has 1 aromatic heterocycles. The highest BCUT2D eigenvalue weighted by molar-refractivity contribution is 7.94. The van der Waals surface area contributed by atoms with Gasteiger partial charge in [-0.25, -0.2) is 9.78 Å². The molecule has 9 heteroatoms. The average molecular weight is 513 g/mol. The van der Waals surface area contributed by atoms with Crippen LogP contribution in [0, 0.1) is 6.92 Å². The van der Waals surface area contributed by atoms with Gasteiger partial charge in [-0.05, 0) is 86.1 Å². The van der Waals surface area contributed by atoms with E-state index in [1.807, 2.05) is 51.1 Å². The van der Waals surface area contributed by atoms with Crippen molar-refractivity contribution < 1.29 is 23.1 Å². The lowest BCUT2D eigenvalue weighted by Gasteiger charge is -2.29. The fraction of sp³-hybridized carbons (Fsp3) is 0.308. The Morgan fingerprint density at radius 1 is 1.23 bits per heavy atom. The van der Waals surface area contributed by atoms with E-state index in [0.717, 1.165) is 58.9 Å². The summed E-state index contributed by atoms with van der Waals surface area (Å²) in [6, 6.07) is 9.22. The summed E-state index contributed by atoms with van der Waals surface area (Å²) in [5.74, 6) is -0.477. The van der Waals surface area contributed by atoms with Gasteiger partial charge in [-0.15, -0.1) is 11.3 Å². The molecule has 35 heavy (non-hydrogen) atoms. The third kappa shape index (κ3) is 5.41. The van der Waals surface area contributed by atoms with E-state index in [4.69, 9.17) is 9.84 Å². The van der Waals surface area contributed by atoms with E-state index in [2.05, 4.69) is 4.98 Å². The summed E-state index contributed by atoms with van der Waals surface area (Å²) in [5.41, 5.74) is 5.53. The first-order chi connectivity index (χ1) is 16.7. The highest BCUT2D eigenvalue weighted by Gasteiger charge is 2.33. The number of aryl methyl sites for hydroxylation is 3.